The summed E-state index contributed by atoms with van der Waals surface area (Å²) in [6.45, 7) is 7.13. The Labute approximate surface area is 112 Å². The highest BCUT2D eigenvalue weighted by atomic mass is 35.5. The molecule has 0 saturated heterocycles. The molecule has 0 spiro atoms. The van der Waals surface area contributed by atoms with Crippen molar-refractivity contribution in [2.75, 3.05) is 7.11 Å². The second-order valence-corrected chi connectivity index (χ2v) is 6.15. The van der Waals surface area contributed by atoms with Crippen molar-refractivity contribution in [3.05, 3.63) is 16.7 Å². The lowest BCUT2D eigenvalue weighted by Gasteiger charge is -2.26. The first-order valence-electron chi connectivity index (χ1n) is 6.17. The SMILES string of the molecule is COC(=O)C1CCn2c(C(C)(C)C)nc(Cl)c2C1. The van der Waals surface area contributed by atoms with Gasteiger partial charge in [0.2, 0.25) is 0 Å². The molecule has 1 unspecified atom stereocenters. The van der Waals surface area contributed by atoms with Gasteiger partial charge in [-0.3, -0.25) is 4.79 Å². The average molecular weight is 271 g/mol. The van der Waals surface area contributed by atoms with Crippen LogP contribution in [0.15, 0.2) is 0 Å². The molecule has 100 valence electrons. The lowest BCUT2D eigenvalue weighted by Crippen LogP contribution is -2.29. The molecular weight excluding hydrogens is 252 g/mol. The molecule has 18 heavy (non-hydrogen) atoms. The smallest absolute Gasteiger partial charge is 0.309 e. The minimum absolute atomic E-state index is 0.0417. The number of carbonyl (C=O) groups excluding carboxylic acids is 1. The predicted molar refractivity (Wildman–Crippen MR) is 69.8 cm³/mol. The fraction of sp³-hybridized carbons (Fsp3) is 0.692. The summed E-state index contributed by atoms with van der Waals surface area (Å²) in [7, 11) is 1.43. The zero-order valence-electron chi connectivity index (χ0n) is 11.3. The Hall–Kier alpha value is -1.03. The van der Waals surface area contributed by atoms with E-state index < -0.39 is 0 Å². The van der Waals surface area contributed by atoms with Gasteiger partial charge in [-0.2, -0.15) is 0 Å². The molecule has 2 rings (SSSR count). The molecule has 0 bridgehead atoms. The Morgan fingerprint density at radius 1 is 1.50 bits per heavy atom. The quantitative estimate of drug-likeness (QED) is 0.737. The monoisotopic (exact) mass is 270 g/mol. The number of carbonyl (C=O) groups is 1. The van der Waals surface area contributed by atoms with Crippen LogP contribution < -0.4 is 0 Å². The molecule has 1 aromatic heterocycles. The summed E-state index contributed by atoms with van der Waals surface area (Å²) in [4.78, 5) is 16.1. The number of rotatable bonds is 1. The number of hydrogen-bond donors (Lipinski definition) is 0. The molecule has 5 heteroatoms. The van der Waals surface area contributed by atoms with Crippen LogP contribution in [0.1, 0.15) is 38.7 Å². The largest absolute Gasteiger partial charge is 0.469 e. The third-order valence-corrected chi connectivity index (χ3v) is 3.67. The Kier molecular flexibility index (Phi) is 3.41. The van der Waals surface area contributed by atoms with Crippen molar-refractivity contribution < 1.29 is 9.53 Å². The van der Waals surface area contributed by atoms with Crippen LogP contribution in [0.3, 0.4) is 0 Å². The minimum atomic E-state index is -0.157. The third kappa shape index (κ3) is 2.26. The van der Waals surface area contributed by atoms with Crippen LogP contribution in [0, 0.1) is 5.92 Å². The summed E-state index contributed by atoms with van der Waals surface area (Å²) in [5, 5.41) is 0.522. The number of fused-ring (bicyclic) bond motifs is 1. The number of ether oxygens (including phenoxy) is 1. The van der Waals surface area contributed by atoms with Crippen LogP contribution >= 0.6 is 11.6 Å². The fourth-order valence-corrected chi connectivity index (χ4v) is 2.71. The summed E-state index contributed by atoms with van der Waals surface area (Å²) in [5.74, 6) is 0.742. The zero-order valence-corrected chi connectivity index (χ0v) is 12.0. The van der Waals surface area contributed by atoms with Crippen LogP contribution in [-0.4, -0.2) is 22.6 Å². The molecule has 0 amide bonds. The minimum Gasteiger partial charge on any atom is -0.469 e. The average Bonchev–Trinajstić information content (AvgIpc) is 2.65. The van der Waals surface area contributed by atoms with Crippen molar-refractivity contribution in [3.63, 3.8) is 0 Å². The fourth-order valence-electron chi connectivity index (χ4n) is 2.45. The van der Waals surface area contributed by atoms with Crippen LogP contribution in [0.25, 0.3) is 0 Å². The molecule has 0 aliphatic carbocycles. The highest BCUT2D eigenvalue weighted by Crippen LogP contribution is 2.32. The van der Waals surface area contributed by atoms with E-state index in [1.165, 1.54) is 7.11 Å². The molecular formula is C13H19ClN2O2. The van der Waals surface area contributed by atoms with Crippen molar-refractivity contribution in [3.8, 4) is 0 Å². The first-order valence-corrected chi connectivity index (χ1v) is 6.55. The van der Waals surface area contributed by atoms with E-state index in [-0.39, 0.29) is 17.3 Å². The lowest BCUT2D eigenvalue weighted by atomic mass is 9.93. The van der Waals surface area contributed by atoms with Gasteiger partial charge in [0.1, 0.15) is 5.82 Å². The van der Waals surface area contributed by atoms with E-state index in [4.69, 9.17) is 16.3 Å². The number of methoxy groups -OCH3 is 1. The van der Waals surface area contributed by atoms with E-state index in [0.29, 0.717) is 11.6 Å². The van der Waals surface area contributed by atoms with Gasteiger partial charge in [-0.25, -0.2) is 4.98 Å². The van der Waals surface area contributed by atoms with Crippen LogP contribution in [0.5, 0.6) is 0 Å². The van der Waals surface area contributed by atoms with Gasteiger partial charge in [0.25, 0.3) is 0 Å². The molecule has 0 fully saturated rings. The Morgan fingerprint density at radius 3 is 2.72 bits per heavy atom. The van der Waals surface area contributed by atoms with Crippen molar-refractivity contribution in [2.24, 2.45) is 5.92 Å². The highest BCUT2D eigenvalue weighted by molar-refractivity contribution is 6.30. The summed E-state index contributed by atoms with van der Waals surface area (Å²) >= 11 is 6.20. The molecule has 0 aromatic carbocycles. The number of esters is 1. The topological polar surface area (TPSA) is 44.1 Å². The van der Waals surface area contributed by atoms with Gasteiger partial charge in [-0.15, -0.1) is 0 Å². The zero-order chi connectivity index (χ0) is 13.5. The standard InChI is InChI=1S/C13H19ClN2O2/c1-13(2,3)12-15-10(14)9-7-8(11(17)18-4)5-6-16(9)12/h8H,5-7H2,1-4H3. The van der Waals surface area contributed by atoms with Crippen LogP contribution in [0.2, 0.25) is 5.15 Å². The Balaban J connectivity index is 2.35. The maximum Gasteiger partial charge on any atom is 0.309 e. The maximum atomic E-state index is 11.6. The van der Waals surface area contributed by atoms with Gasteiger partial charge < -0.3 is 9.30 Å². The molecule has 4 nitrogen and oxygen atoms in total. The number of halogens is 1. The molecule has 0 radical (unpaired) electrons. The lowest BCUT2D eigenvalue weighted by molar-refractivity contribution is -0.146. The van der Waals surface area contributed by atoms with E-state index in [0.717, 1.165) is 24.5 Å². The molecule has 1 atom stereocenters. The molecule has 0 saturated carbocycles. The van der Waals surface area contributed by atoms with E-state index in [9.17, 15) is 4.79 Å². The molecule has 1 aliphatic rings. The molecule has 1 aliphatic heterocycles. The highest BCUT2D eigenvalue weighted by Gasteiger charge is 2.32. The molecule has 2 heterocycles. The van der Waals surface area contributed by atoms with Gasteiger partial charge in [0.15, 0.2) is 5.15 Å². The summed E-state index contributed by atoms with van der Waals surface area (Å²) in [5.41, 5.74) is 0.920. The second-order valence-electron chi connectivity index (χ2n) is 5.79. The second kappa shape index (κ2) is 4.57. The Morgan fingerprint density at radius 2 is 2.17 bits per heavy atom. The number of nitrogens with zero attached hydrogens (tertiary/aromatic N) is 2. The van der Waals surface area contributed by atoms with Gasteiger partial charge in [0, 0.05) is 18.4 Å². The first kappa shape index (κ1) is 13.4. The predicted octanol–water partition coefficient (Wildman–Crippen LogP) is 2.57. The number of imidazole rings is 1. The van der Waals surface area contributed by atoms with E-state index >= 15 is 0 Å². The van der Waals surface area contributed by atoms with Gasteiger partial charge in [-0.05, 0) is 6.42 Å². The van der Waals surface area contributed by atoms with Gasteiger partial charge in [0.05, 0.1) is 18.7 Å². The van der Waals surface area contributed by atoms with Gasteiger partial charge in [-0.1, -0.05) is 32.4 Å². The van der Waals surface area contributed by atoms with Crippen molar-refractivity contribution in [2.45, 2.75) is 45.6 Å². The normalized spacial score (nSPS) is 19.5. The van der Waals surface area contributed by atoms with Gasteiger partial charge >= 0.3 is 5.97 Å². The van der Waals surface area contributed by atoms with Crippen LogP contribution in [0.4, 0.5) is 0 Å². The van der Waals surface area contributed by atoms with Crippen molar-refractivity contribution in [1.29, 1.82) is 0 Å². The Bertz CT molecular complexity index is 474. The summed E-state index contributed by atoms with van der Waals surface area (Å²) < 4.78 is 6.96. The first-order chi connectivity index (χ1) is 8.34. The molecule has 1 aromatic rings. The number of aromatic nitrogens is 2. The third-order valence-electron chi connectivity index (χ3n) is 3.37. The summed E-state index contributed by atoms with van der Waals surface area (Å²) in [6.07, 6.45) is 1.41. The number of hydrogen-bond acceptors (Lipinski definition) is 3. The van der Waals surface area contributed by atoms with E-state index in [1.54, 1.807) is 0 Å². The van der Waals surface area contributed by atoms with Crippen molar-refractivity contribution >= 4 is 17.6 Å². The van der Waals surface area contributed by atoms with Crippen molar-refractivity contribution in [1.82, 2.24) is 9.55 Å². The van der Waals surface area contributed by atoms with E-state index in [2.05, 4.69) is 30.3 Å². The van der Waals surface area contributed by atoms with E-state index in [1.807, 2.05) is 0 Å². The van der Waals surface area contributed by atoms with Crippen LogP contribution in [-0.2, 0) is 27.9 Å². The summed E-state index contributed by atoms with van der Waals surface area (Å²) in [6, 6.07) is 0. The maximum absolute atomic E-state index is 11.6. The molecule has 0 N–H and O–H groups in total.